The Morgan fingerprint density at radius 1 is 1.04 bits per heavy atom. The summed E-state index contributed by atoms with van der Waals surface area (Å²) in [6.45, 7) is 5.15. The fourth-order valence-electron chi connectivity index (χ4n) is 2.13. The van der Waals surface area contributed by atoms with Gasteiger partial charge in [0.25, 0.3) is 5.69 Å². The molecule has 0 bridgehead atoms. The van der Waals surface area contributed by atoms with Crippen molar-refractivity contribution in [2.24, 2.45) is 4.99 Å². The Hall–Kier alpha value is -3.09. The number of benzene rings is 2. The molecule has 0 atom stereocenters. The molecule has 0 heterocycles. The van der Waals surface area contributed by atoms with Gasteiger partial charge in [-0.1, -0.05) is 25.7 Å². The van der Waals surface area contributed by atoms with Gasteiger partial charge in [-0.3, -0.25) is 15.1 Å². The molecule has 2 aromatic carbocycles. The fraction of sp³-hybridized carbons (Fsp3) is 0.316. The first-order valence-electron chi connectivity index (χ1n) is 8.44. The third kappa shape index (κ3) is 5.20. The number of nitrogens with zero attached hydrogens (tertiary/aromatic N) is 2. The Kier molecular flexibility index (Phi) is 6.96. The van der Waals surface area contributed by atoms with E-state index in [-0.39, 0.29) is 17.0 Å². The Morgan fingerprint density at radius 3 is 2.38 bits per heavy atom. The van der Waals surface area contributed by atoms with Crippen LogP contribution in [0.5, 0.6) is 17.2 Å². The van der Waals surface area contributed by atoms with Gasteiger partial charge in [0.2, 0.25) is 0 Å². The van der Waals surface area contributed by atoms with Crippen LogP contribution in [-0.2, 0) is 0 Å². The van der Waals surface area contributed by atoms with E-state index in [0.29, 0.717) is 30.4 Å². The first-order valence-corrected chi connectivity index (χ1v) is 8.44. The molecule has 0 aliphatic rings. The van der Waals surface area contributed by atoms with Gasteiger partial charge in [0.1, 0.15) is 0 Å². The van der Waals surface area contributed by atoms with E-state index < -0.39 is 4.92 Å². The third-order valence-electron chi connectivity index (χ3n) is 3.41. The van der Waals surface area contributed by atoms with Crippen molar-refractivity contribution in [3.8, 4) is 17.2 Å². The number of aliphatic imine (C=N–C) groups is 1. The van der Waals surface area contributed by atoms with Gasteiger partial charge in [0.15, 0.2) is 11.5 Å². The van der Waals surface area contributed by atoms with E-state index >= 15 is 0 Å². The second-order valence-electron chi connectivity index (χ2n) is 5.57. The molecule has 0 saturated carbocycles. The summed E-state index contributed by atoms with van der Waals surface area (Å²) in [6.07, 6.45) is 3.06. The number of nitro benzene ring substituents is 1. The normalized spacial score (nSPS) is 10.8. The number of rotatable bonds is 9. The average Bonchev–Trinajstić information content (AvgIpc) is 2.64. The van der Waals surface area contributed by atoms with Gasteiger partial charge in [-0.15, -0.1) is 0 Å². The average molecular weight is 357 g/mol. The van der Waals surface area contributed by atoms with Crippen LogP contribution in [0.15, 0.2) is 41.4 Å². The van der Waals surface area contributed by atoms with Gasteiger partial charge in [-0.05, 0) is 30.5 Å². The molecule has 2 aromatic rings. The van der Waals surface area contributed by atoms with Crippen LogP contribution in [0.25, 0.3) is 0 Å². The summed E-state index contributed by atoms with van der Waals surface area (Å²) in [4.78, 5) is 14.5. The molecule has 0 amide bonds. The zero-order valence-electron chi connectivity index (χ0n) is 14.8. The van der Waals surface area contributed by atoms with Crippen LogP contribution in [0, 0.1) is 10.1 Å². The zero-order valence-corrected chi connectivity index (χ0v) is 14.8. The second kappa shape index (κ2) is 9.41. The molecule has 0 unspecified atom stereocenters. The van der Waals surface area contributed by atoms with Crippen molar-refractivity contribution in [2.45, 2.75) is 26.7 Å². The maximum absolute atomic E-state index is 11.8. The molecule has 7 nitrogen and oxygen atoms in total. The predicted octanol–water partition coefficient (Wildman–Crippen LogP) is 4.00. The second-order valence-corrected chi connectivity index (χ2v) is 5.57. The Balaban J connectivity index is 2.26. The van der Waals surface area contributed by atoms with E-state index in [9.17, 15) is 15.2 Å². The molecule has 0 spiro atoms. The van der Waals surface area contributed by atoms with Crippen LogP contribution >= 0.6 is 0 Å². The van der Waals surface area contributed by atoms with E-state index in [2.05, 4.69) is 4.99 Å². The van der Waals surface area contributed by atoms with Crippen molar-refractivity contribution in [1.82, 2.24) is 0 Å². The number of ether oxygens (including phenoxy) is 2. The van der Waals surface area contributed by atoms with Crippen LogP contribution < -0.4 is 14.6 Å². The Bertz CT molecular complexity index is 789. The molecular weight excluding hydrogens is 336 g/mol. The maximum atomic E-state index is 11.8. The van der Waals surface area contributed by atoms with Crippen molar-refractivity contribution >= 4 is 17.6 Å². The van der Waals surface area contributed by atoms with E-state index in [1.54, 1.807) is 18.2 Å². The van der Waals surface area contributed by atoms with Gasteiger partial charge in [0.05, 0.1) is 23.8 Å². The first-order chi connectivity index (χ1) is 12.5. The van der Waals surface area contributed by atoms with Crippen molar-refractivity contribution in [3.05, 3.63) is 52.1 Å². The largest absolute Gasteiger partial charge is 0.872 e. The van der Waals surface area contributed by atoms with E-state index in [1.165, 1.54) is 18.3 Å². The van der Waals surface area contributed by atoms with Crippen LogP contribution in [0.2, 0.25) is 0 Å². The Labute approximate surface area is 152 Å². The SMILES string of the molecule is CCCOc1ccc(N=Cc2cc([N+](=O)[O-])ccc2[O-])cc1OCCC. The lowest BCUT2D eigenvalue weighted by Gasteiger charge is -2.12. The minimum absolute atomic E-state index is 0.152. The molecule has 0 radical (unpaired) electrons. The summed E-state index contributed by atoms with van der Waals surface area (Å²) < 4.78 is 11.4. The highest BCUT2D eigenvalue weighted by Gasteiger charge is 2.08. The number of hydrogen-bond donors (Lipinski definition) is 0. The summed E-state index contributed by atoms with van der Waals surface area (Å²) in [5, 5.41) is 22.7. The van der Waals surface area contributed by atoms with Crippen molar-refractivity contribution in [1.29, 1.82) is 0 Å². The maximum Gasteiger partial charge on any atom is 0.270 e. The standard InChI is InChI=1S/C19H22N2O5/c1-3-9-25-18-8-5-15(12-19(18)26-10-4-2)20-13-14-11-16(21(23)24)6-7-17(14)22/h5-8,11-13,22H,3-4,9-10H2,1-2H3/p-1. The van der Waals surface area contributed by atoms with Crippen molar-refractivity contribution in [2.75, 3.05) is 13.2 Å². The van der Waals surface area contributed by atoms with Gasteiger partial charge in [-0.2, -0.15) is 0 Å². The third-order valence-corrected chi connectivity index (χ3v) is 3.41. The molecule has 0 N–H and O–H groups in total. The summed E-state index contributed by atoms with van der Waals surface area (Å²) in [7, 11) is 0. The van der Waals surface area contributed by atoms with Crippen molar-refractivity contribution < 1.29 is 19.5 Å². The molecule has 0 aromatic heterocycles. The van der Waals surface area contributed by atoms with E-state index in [0.717, 1.165) is 18.9 Å². The number of hydrogen-bond acceptors (Lipinski definition) is 6. The zero-order chi connectivity index (χ0) is 18.9. The van der Waals surface area contributed by atoms with Crippen LogP contribution in [0.4, 0.5) is 11.4 Å². The van der Waals surface area contributed by atoms with Crippen LogP contribution in [0.3, 0.4) is 0 Å². The summed E-state index contributed by atoms with van der Waals surface area (Å²) in [5.74, 6) is 0.889. The quantitative estimate of drug-likeness (QED) is 0.384. The minimum Gasteiger partial charge on any atom is -0.872 e. The lowest BCUT2D eigenvalue weighted by molar-refractivity contribution is -0.385. The summed E-state index contributed by atoms with van der Waals surface area (Å²) in [6, 6.07) is 8.77. The molecule has 0 aliphatic carbocycles. The molecule has 0 fully saturated rings. The molecular formula is C19H21N2O5-. The predicted molar refractivity (Wildman–Crippen MR) is 97.8 cm³/mol. The highest BCUT2D eigenvalue weighted by molar-refractivity contribution is 5.86. The highest BCUT2D eigenvalue weighted by Crippen LogP contribution is 2.32. The monoisotopic (exact) mass is 357 g/mol. The molecule has 138 valence electrons. The topological polar surface area (TPSA) is 97.0 Å². The smallest absolute Gasteiger partial charge is 0.270 e. The van der Waals surface area contributed by atoms with Crippen LogP contribution in [0.1, 0.15) is 32.3 Å². The van der Waals surface area contributed by atoms with Crippen LogP contribution in [-0.4, -0.2) is 24.4 Å². The fourth-order valence-corrected chi connectivity index (χ4v) is 2.13. The molecule has 0 aliphatic heterocycles. The molecule has 0 saturated heterocycles. The summed E-state index contributed by atoms with van der Waals surface area (Å²) in [5.41, 5.74) is 0.564. The summed E-state index contributed by atoms with van der Waals surface area (Å²) >= 11 is 0. The van der Waals surface area contributed by atoms with Gasteiger partial charge in [-0.25, -0.2) is 0 Å². The molecule has 26 heavy (non-hydrogen) atoms. The van der Waals surface area contributed by atoms with Crippen molar-refractivity contribution in [3.63, 3.8) is 0 Å². The first kappa shape index (κ1) is 19.2. The highest BCUT2D eigenvalue weighted by atomic mass is 16.6. The van der Waals surface area contributed by atoms with E-state index in [4.69, 9.17) is 9.47 Å². The van der Waals surface area contributed by atoms with Gasteiger partial charge < -0.3 is 14.6 Å². The lowest BCUT2D eigenvalue weighted by atomic mass is 10.2. The van der Waals surface area contributed by atoms with Gasteiger partial charge in [0, 0.05) is 24.4 Å². The van der Waals surface area contributed by atoms with E-state index in [1.807, 2.05) is 13.8 Å². The number of non-ortho nitro benzene ring substituents is 1. The molecule has 7 heteroatoms. The molecule has 2 rings (SSSR count). The Morgan fingerprint density at radius 2 is 1.73 bits per heavy atom. The number of nitro groups is 1. The minimum atomic E-state index is -0.548. The lowest BCUT2D eigenvalue weighted by Crippen LogP contribution is -2.01. The van der Waals surface area contributed by atoms with Gasteiger partial charge >= 0.3 is 0 Å².